The van der Waals surface area contributed by atoms with Crippen molar-refractivity contribution in [2.75, 3.05) is 12.4 Å². The van der Waals surface area contributed by atoms with Crippen molar-refractivity contribution in [2.45, 2.75) is 6.10 Å². The minimum Gasteiger partial charge on any atom is -0.455 e. The third-order valence-corrected chi connectivity index (χ3v) is 3.47. The first-order valence-electron chi connectivity index (χ1n) is 4.80. The van der Waals surface area contributed by atoms with Crippen LogP contribution >= 0.6 is 0 Å². The van der Waals surface area contributed by atoms with Gasteiger partial charge in [0.2, 0.25) is 0 Å². The van der Waals surface area contributed by atoms with Crippen LogP contribution in [-0.4, -0.2) is 32.9 Å². The van der Waals surface area contributed by atoms with E-state index < -0.39 is 33.8 Å². The number of hydrogen-bond donors (Lipinski definition) is 0. The molecule has 1 saturated heterocycles. The maximum Gasteiger partial charge on any atom is 0.341 e. The van der Waals surface area contributed by atoms with Crippen LogP contribution in [0, 0.1) is 5.82 Å². The first-order chi connectivity index (χ1) is 7.98. The molecule has 0 bridgehead atoms. The van der Waals surface area contributed by atoms with E-state index in [4.69, 9.17) is 4.74 Å². The third kappa shape index (κ3) is 2.80. The van der Waals surface area contributed by atoms with Crippen molar-refractivity contribution in [3.05, 3.63) is 35.6 Å². The topological polar surface area (TPSA) is 69.7 Å². The number of carbonyl (C=O) groups is 1. The second-order valence-corrected chi connectivity index (χ2v) is 5.20. The van der Waals surface area contributed by atoms with Gasteiger partial charge in [-0.3, -0.25) is 4.18 Å². The van der Waals surface area contributed by atoms with E-state index in [-0.39, 0.29) is 12.2 Å². The molecule has 0 amide bonds. The average Bonchev–Trinajstić information content (AvgIpc) is 2.58. The Hall–Kier alpha value is -1.47. The smallest absolute Gasteiger partial charge is 0.341 e. The highest BCUT2D eigenvalue weighted by Gasteiger charge is 2.32. The summed E-state index contributed by atoms with van der Waals surface area (Å²) in [6.45, 7) is -0.220. The molecule has 0 N–H and O–H groups in total. The van der Waals surface area contributed by atoms with Gasteiger partial charge in [-0.15, -0.1) is 0 Å². The highest BCUT2D eigenvalue weighted by atomic mass is 32.2. The SMILES string of the molecule is O=C(OC1COS(=O)(=O)C1)c1ccccc1F. The predicted octanol–water partition coefficient (Wildman–Crippen LogP) is 0.711. The summed E-state index contributed by atoms with van der Waals surface area (Å²) in [5.74, 6) is -2.00. The van der Waals surface area contributed by atoms with Gasteiger partial charge in [0.25, 0.3) is 10.1 Å². The second kappa shape index (κ2) is 4.42. The summed E-state index contributed by atoms with van der Waals surface area (Å²) in [5, 5.41) is 0. The Morgan fingerprint density at radius 1 is 1.41 bits per heavy atom. The fourth-order valence-corrected chi connectivity index (χ4v) is 2.49. The predicted molar refractivity (Wildman–Crippen MR) is 55.3 cm³/mol. The molecule has 0 spiro atoms. The van der Waals surface area contributed by atoms with E-state index in [2.05, 4.69) is 4.18 Å². The maximum atomic E-state index is 13.2. The Kier molecular flexibility index (Phi) is 3.12. The Bertz CT molecular complexity index is 539. The molecule has 1 aliphatic heterocycles. The molecule has 0 saturated carbocycles. The standard InChI is InChI=1S/C10H9FO5S/c11-9-4-2-1-3-8(9)10(12)16-7-5-15-17(13,14)6-7/h1-4,7H,5-6H2. The Morgan fingerprint density at radius 3 is 2.71 bits per heavy atom. The number of halogens is 1. The maximum absolute atomic E-state index is 13.2. The quantitative estimate of drug-likeness (QED) is 0.578. The van der Waals surface area contributed by atoms with Crippen molar-refractivity contribution in [3.8, 4) is 0 Å². The Balaban J connectivity index is 2.06. The number of esters is 1. The molecule has 0 aromatic heterocycles. The van der Waals surface area contributed by atoms with Gasteiger partial charge in [0.15, 0.2) is 0 Å². The van der Waals surface area contributed by atoms with E-state index in [1.165, 1.54) is 18.2 Å². The van der Waals surface area contributed by atoms with Crippen molar-refractivity contribution in [2.24, 2.45) is 0 Å². The van der Waals surface area contributed by atoms with Crippen LogP contribution in [0.25, 0.3) is 0 Å². The number of ether oxygens (including phenoxy) is 1. The largest absolute Gasteiger partial charge is 0.455 e. The van der Waals surface area contributed by atoms with Crippen LogP contribution in [0.2, 0.25) is 0 Å². The summed E-state index contributed by atoms with van der Waals surface area (Å²) >= 11 is 0. The highest BCUT2D eigenvalue weighted by molar-refractivity contribution is 7.87. The average molecular weight is 260 g/mol. The van der Waals surface area contributed by atoms with Gasteiger partial charge in [-0.05, 0) is 12.1 Å². The lowest BCUT2D eigenvalue weighted by atomic mass is 10.2. The normalized spacial score (nSPS) is 22.3. The lowest BCUT2D eigenvalue weighted by Gasteiger charge is -2.08. The molecule has 1 atom stereocenters. The molecule has 92 valence electrons. The summed E-state index contributed by atoms with van der Waals surface area (Å²) in [7, 11) is -3.60. The van der Waals surface area contributed by atoms with Crippen LogP contribution in [0.5, 0.6) is 0 Å². The summed E-state index contributed by atoms with van der Waals surface area (Å²) < 4.78 is 44.3. The monoisotopic (exact) mass is 260 g/mol. The molecular formula is C10H9FO5S. The van der Waals surface area contributed by atoms with Crippen LogP contribution in [0.3, 0.4) is 0 Å². The zero-order chi connectivity index (χ0) is 12.5. The van der Waals surface area contributed by atoms with Crippen molar-refractivity contribution in [1.82, 2.24) is 0 Å². The Morgan fingerprint density at radius 2 is 2.12 bits per heavy atom. The van der Waals surface area contributed by atoms with E-state index in [0.717, 1.165) is 6.07 Å². The van der Waals surface area contributed by atoms with Gasteiger partial charge in [0.05, 0.1) is 5.56 Å². The fraction of sp³-hybridized carbons (Fsp3) is 0.300. The molecule has 2 rings (SSSR count). The molecule has 7 heteroatoms. The van der Waals surface area contributed by atoms with Crippen molar-refractivity contribution < 1.29 is 26.5 Å². The van der Waals surface area contributed by atoms with Gasteiger partial charge in [-0.2, -0.15) is 8.42 Å². The number of hydrogen-bond acceptors (Lipinski definition) is 5. The van der Waals surface area contributed by atoms with Crippen molar-refractivity contribution >= 4 is 16.1 Å². The van der Waals surface area contributed by atoms with Gasteiger partial charge in [0, 0.05) is 0 Å². The van der Waals surface area contributed by atoms with Crippen LogP contribution in [0.15, 0.2) is 24.3 Å². The molecule has 1 aromatic carbocycles. The molecule has 0 aliphatic carbocycles. The molecule has 1 heterocycles. The first kappa shape index (κ1) is 12.0. The Labute approximate surface area is 97.3 Å². The van der Waals surface area contributed by atoms with Gasteiger partial charge in [0.1, 0.15) is 24.3 Å². The van der Waals surface area contributed by atoms with Gasteiger partial charge in [-0.25, -0.2) is 9.18 Å². The third-order valence-electron chi connectivity index (χ3n) is 2.19. The molecular weight excluding hydrogens is 251 g/mol. The first-order valence-corrected chi connectivity index (χ1v) is 6.38. The van der Waals surface area contributed by atoms with E-state index in [1.807, 2.05) is 0 Å². The van der Waals surface area contributed by atoms with Gasteiger partial charge >= 0.3 is 5.97 Å². The van der Waals surface area contributed by atoms with Crippen LogP contribution in [0.1, 0.15) is 10.4 Å². The summed E-state index contributed by atoms with van der Waals surface area (Å²) in [4.78, 5) is 11.5. The minimum atomic E-state index is -3.60. The number of carbonyl (C=O) groups excluding carboxylic acids is 1. The molecule has 0 radical (unpaired) electrons. The molecule has 1 aromatic rings. The van der Waals surface area contributed by atoms with Crippen LogP contribution in [0.4, 0.5) is 4.39 Å². The second-order valence-electron chi connectivity index (χ2n) is 3.52. The lowest BCUT2D eigenvalue weighted by Crippen LogP contribution is -2.22. The molecule has 1 unspecified atom stereocenters. The van der Waals surface area contributed by atoms with Gasteiger partial charge < -0.3 is 4.74 Å². The van der Waals surface area contributed by atoms with Crippen molar-refractivity contribution in [1.29, 1.82) is 0 Å². The zero-order valence-corrected chi connectivity index (χ0v) is 9.44. The van der Waals surface area contributed by atoms with E-state index >= 15 is 0 Å². The van der Waals surface area contributed by atoms with Crippen molar-refractivity contribution in [3.63, 3.8) is 0 Å². The lowest BCUT2D eigenvalue weighted by molar-refractivity contribution is 0.0297. The molecule has 1 aliphatic rings. The van der Waals surface area contributed by atoms with Gasteiger partial charge in [-0.1, -0.05) is 12.1 Å². The molecule has 17 heavy (non-hydrogen) atoms. The summed E-state index contributed by atoms with van der Waals surface area (Å²) in [6.07, 6.45) is -0.882. The van der Waals surface area contributed by atoms with E-state index in [1.54, 1.807) is 0 Å². The molecule has 1 fully saturated rings. The summed E-state index contributed by atoms with van der Waals surface area (Å²) in [5.41, 5.74) is -0.225. The summed E-state index contributed by atoms with van der Waals surface area (Å²) in [6, 6.07) is 5.32. The fourth-order valence-electron chi connectivity index (χ4n) is 1.41. The van der Waals surface area contributed by atoms with E-state index in [0.29, 0.717) is 0 Å². The zero-order valence-electron chi connectivity index (χ0n) is 8.63. The van der Waals surface area contributed by atoms with E-state index in [9.17, 15) is 17.6 Å². The number of rotatable bonds is 2. The van der Waals surface area contributed by atoms with Crippen LogP contribution in [-0.2, 0) is 19.0 Å². The molecule has 5 nitrogen and oxygen atoms in total. The highest BCUT2D eigenvalue weighted by Crippen LogP contribution is 2.15. The number of benzene rings is 1. The minimum absolute atomic E-state index is 0.220. The van der Waals surface area contributed by atoms with Crippen LogP contribution < -0.4 is 0 Å².